The molecule has 5 nitrogen and oxygen atoms in total. The Labute approximate surface area is 151 Å². The van der Waals surface area contributed by atoms with Crippen molar-refractivity contribution in [2.45, 2.75) is 18.7 Å². The van der Waals surface area contributed by atoms with E-state index < -0.39 is 5.97 Å². The number of benzene rings is 2. The first-order chi connectivity index (χ1) is 12.0. The van der Waals surface area contributed by atoms with Crippen molar-refractivity contribution in [3.63, 3.8) is 0 Å². The lowest BCUT2D eigenvalue weighted by Gasteiger charge is -2.10. The van der Waals surface area contributed by atoms with Gasteiger partial charge in [0.15, 0.2) is 0 Å². The number of rotatable bonds is 7. The maximum Gasteiger partial charge on any atom is 0.337 e. The van der Waals surface area contributed by atoms with Crippen molar-refractivity contribution in [2.24, 2.45) is 0 Å². The molecule has 0 saturated carbocycles. The molecule has 0 aliphatic heterocycles. The van der Waals surface area contributed by atoms with E-state index in [4.69, 9.17) is 9.47 Å². The van der Waals surface area contributed by atoms with Gasteiger partial charge in [0.05, 0.1) is 25.0 Å². The molecule has 2 aromatic carbocycles. The number of aryl methyl sites for hydroxylation is 1. The molecule has 25 heavy (non-hydrogen) atoms. The first-order valence-corrected chi connectivity index (χ1v) is 8.86. The van der Waals surface area contributed by atoms with Gasteiger partial charge in [-0.2, -0.15) is 0 Å². The second-order valence-electron chi connectivity index (χ2n) is 5.26. The normalized spacial score (nSPS) is 10.2. The van der Waals surface area contributed by atoms with E-state index in [1.807, 2.05) is 38.1 Å². The summed E-state index contributed by atoms with van der Waals surface area (Å²) in [5, 5.41) is 2.84. The number of thioether (sulfide) groups is 1. The summed E-state index contributed by atoms with van der Waals surface area (Å²) in [7, 11) is 1.33. The van der Waals surface area contributed by atoms with Gasteiger partial charge < -0.3 is 14.8 Å². The molecule has 2 aromatic rings. The predicted molar refractivity (Wildman–Crippen MR) is 99.5 cm³/mol. The summed E-state index contributed by atoms with van der Waals surface area (Å²) in [5.74, 6) is 0.519. The van der Waals surface area contributed by atoms with E-state index in [-0.39, 0.29) is 11.7 Å². The molecule has 0 fully saturated rings. The zero-order chi connectivity index (χ0) is 18.2. The molecule has 1 amide bonds. The van der Waals surface area contributed by atoms with Gasteiger partial charge in [-0.25, -0.2) is 4.79 Å². The monoisotopic (exact) mass is 359 g/mol. The van der Waals surface area contributed by atoms with Gasteiger partial charge in [0.2, 0.25) is 5.91 Å². The van der Waals surface area contributed by atoms with Gasteiger partial charge in [-0.15, -0.1) is 11.8 Å². The molecule has 0 aliphatic carbocycles. The number of hydrogen-bond acceptors (Lipinski definition) is 5. The highest BCUT2D eigenvalue weighted by Gasteiger charge is 2.10. The molecular formula is C19H21NO4S. The van der Waals surface area contributed by atoms with Crippen molar-refractivity contribution in [1.29, 1.82) is 0 Å². The molecule has 0 spiro atoms. The van der Waals surface area contributed by atoms with Crippen molar-refractivity contribution in [1.82, 2.24) is 0 Å². The third-order valence-electron chi connectivity index (χ3n) is 3.44. The largest absolute Gasteiger partial charge is 0.494 e. The Morgan fingerprint density at radius 3 is 2.48 bits per heavy atom. The first-order valence-electron chi connectivity index (χ1n) is 7.88. The number of ether oxygens (including phenoxy) is 2. The molecule has 0 radical (unpaired) electrons. The van der Waals surface area contributed by atoms with Crippen LogP contribution in [0.3, 0.4) is 0 Å². The van der Waals surface area contributed by atoms with Crippen LogP contribution >= 0.6 is 11.8 Å². The number of nitrogens with one attached hydrogen (secondary N) is 1. The Bertz CT molecular complexity index is 744. The third-order valence-corrected chi connectivity index (χ3v) is 4.45. The van der Waals surface area contributed by atoms with Crippen molar-refractivity contribution in [2.75, 3.05) is 24.8 Å². The fraction of sp³-hybridized carbons (Fsp3) is 0.263. The maximum absolute atomic E-state index is 12.2. The van der Waals surface area contributed by atoms with Gasteiger partial charge in [0.1, 0.15) is 5.75 Å². The molecule has 0 saturated heterocycles. The lowest BCUT2D eigenvalue weighted by atomic mass is 10.1. The summed E-state index contributed by atoms with van der Waals surface area (Å²) < 4.78 is 10.1. The molecule has 0 heterocycles. The van der Waals surface area contributed by atoms with Crippen LogP contribution in [0.2, 0.25) is 0 Å². The van der Waals surface area contributed by atoms with Crippen molar-refractivity contribution in [3.05, 3.63) is 53.6 Å². The number of esters is 1. The van der Waals surface area contributed by atoms with Crippen LogP contribution in [-0.4, -0.2) is 31.3 Å². The zero-order valence-corrected chi connectivity index (χ0v) is 15.3. The number of carbonyl (C=O) groups is 2. The van der Waals surface area contributed by atoms with Gasteiger partial charge in [-0.05, 0) is 55.8 Å². The van der Waals surface area contributed by atoms with Crippen LogP contribution in [0.15, 0.2) is 47.4 Å². The molecule has 132 valence electrons. The van der Waals surface area contributed by atoms with Crippen LogP contribution in [-0.2, 0) is 9.53 Å². The number of anilines is 1. The minimum Gasteiger partial charge on any atom is -0.494 e. The smallest absolute Gasteiger partial charge is 0.337 e. The minimum absolute atomic E-state index is 0.135. The molecular weight excluding hydrogens is 338 g/mol. The molecule has 6 heteroatoms. The fourth-order valence-corrected chi connectivity index (χ4v) is 2.83. The maximum atomic E-state index is 12.2. The Morgan fingerprint density at radius 2 is 1.84 bits per heavy atom. The molecule has 0 aliphatic rings. The first kappa shape index (κ1) is 18.9. The quantitative estimate of drug-likeness (QED) is 0.600. The topological polar surface area (TPSA) is 64.6 Å². The zero-order valence-electron chi connectivity index (χ0n) is 14.5. The van der Waals surface area contributed by atoms with E-state index in [1.54, 1.807) is 18.2 Å². The Morgan fingerprint density at radius 1 is 1.12 bits per heavy atom. The number of amides is 1. The molecule has 0 unspecified atom stereocenters. The summed E-state index contributed by atoms with van der Waals surface area (Å²) in [6, 6.07) is 12.7. The van der Waals surface area contributed by atoms with Crippen LogP contribution in [0.4, 0.5) is 5.69 Å². The second-order valence-corrected chi connectivity index (χ2v) is 6.31. The highest BCUT2D eigenvalue weighted by Crippen LogP contribution is 2.22. The molecule has 1 N–H and O–H groups in total. The minimum atomic E-state index is -0.431. The summed E-state index contributed by atoms with van der Waals surface area (Å²) in [4.78, 5) is 24.8. The average Bonchev–Trinajstić information content (AvgIpc) is 2.62. The molecule has 0 bridgehead atoms. The standard InChI is InChI=1S/C19H21NO4S/c1-4-24-15-7-9-16(10-8-15)25-12-18(21)20-17-11-14(19(22)23-3)6-5-13(17)2/h5-11H,4,12H2,1-3H3,(H,20,21). The summed E-state index contributed by atoms with van der Waals surface area (Å²) in [5.41, 5.74) is 1.90. The highest BCUT2D eigenvalue weighted by atomic mass is 32.2. The van der Waals surface area contributed by atoms with Gasteiger partial charge in [-0.1, -0.05) is 6.07 Å². The van der Waals surface area contributed by atoms with Crippen molar-refractivity contribution >= 4 is 29.3 Å². The van der Waals surface area contributed by atoms with Gasteiger partial charge in [0, 0.05) is 10.6 Å². The SMILES string of the molecule is CCOc1ccc(SCC(=O)Nc2cc(C(=O)OC)ccc2C)cc1. The summed E-state index contributed by atoms with van der Waals surface area (Å²) >= 11 is 1.44. The Kier molecular flexibility index (Phi) is 6.89. The second kappa shape index (κ2) is 9.13. The summed E-state index contributed by atoms with van der Waals surface area (Å²) in [6.45, 7) is 4.43. The number of hydrogen-bond donors (Lipinski definition) is 1. The van der Waals surface area contributed by atoms with Crippen LogP contribution in [0.1, 0.15) is 22.8 Å². The van der Waals surface area contributed by atoms with Crippen LogP contribution in [0.5, 0.6) is 5.75 Å². The van der Waals surface area contributed by atoms with E-state index in [0.717, 1.165) is 16.2 Å². The van der Waals surface area contributed by atoms with Crippen LogP contribution in [0, 0.1) is 6.92 Å². The van der Waals surface area contributed by atoms with E-state index in [1.165, 1.54) is 18.9 Å². The lowest BCUT2D eigenvalue weighted by Crippen LogP contribution is -2.15. The van der Waals surface area contributed by atoms with Gasteiger partial charge in [-0.3, -0.25) is 4.79 Å². The highest BCUT2D eigenvalue weighted by molar-refractivity contribution is 8.00. The molecule has 0 atom stereocenters. The molecule has 2 rings (SSSR count). The lowest BCUT2D eigenvalue weighted by molar-refractivity contribution is -0.113. The van der Waals surface area contributed by atoms with E-state index in [0.29, 0.717) is 17.9 Å². The Hall–Kier alpha value is -2.47. The van der Waals surface area contributed by atoms with Crippen molar-refractivity contribution < 1.29 is 19.1 Å². The molecule has 0 aromatic heterocycles. The van der Waals surface area contributed by atoms with Gasteiger partial charge in [0.25, 0.3) is 0 Å². The number of carbonyl (C=O) groups excluding carboxylic acids is 2. The van der Waals surface area contributed by atoms with Gasteiger partial charge >= 0.3 is 5.97 Å². The van der Waals surface area contributed by atoms with Crippen molar-refractivity contribution in [3.8, 4) is 5.75 Å². The summed E-state index contributed by atoms with van der Waals surface area (Å²) in [6.07, 6.45) is 0. The fourth-order valence-electron chi connectivity index (χ4n) is 2.14. The average molecular weight is 359 g/mol. The van der Waals surface area contributed by atoms with E-state index >= 15 is 0 Å². The number of methoxy groups -OCH3 is 1. The van der Waals surface area contributed by atoms with E-state index in [9.17, 15) is 9.59 Å². The van der Waals surface area contributed by atoms with Crippen LogP contribution in [0.25, 0.3) is 0 Å². The third kappa shape index (κ3) is 5.53. The predicted octanol–water partition coefficient (Wildman–Crippen LogP) is 3.91. The van der Waals surface area contributed by atoms with E-state index in [2.05, 4.69) is 5.32 Å². The Balaban J connectivity index is 1.94. The van der Waals surface area contributed by atoms with Crippen LogP contribution < -0.4 is 10.1 Å².